The number of hydrogen-bond donors (Lipinski definition) is 3. The summed E-state index contributed by atoms with van der Waals surface area (Å²) in [4.78, 5) is 22.1. The van der Waals surface area contributed by atoms with Crippen LogP contribution >= 0.6 is 11.6 Å². The van der Waals surface area contributed by atoms with Crippen LogP contribution in [0, 0.1) is 12.7 Å². The second kappa shape index (κ2) is 8.83. The number of rotatable bonds is 6. The number of nitrogens with one attached hydrogen (secondary N) is 1. The zero-order chi connectivity index (χ0) is 24.9. The molecule has 1 unspecified atom stereocenters. The van der Waals surface area contributed by atoms with Gasteiger partial charge in [0.15, 0.2) is 5.82 Å². The Hall–Kier alpha value is -2.69. The summed E-state index contributed by atoms with van der Waals surface area (Å²) in [5, 5.41) is 11.5. The molecule has 0 radical (unpaired) electrons. The molecule has 8 nitrogen and oxygen atoms in total. The van der Waals surface area contributed by atoms with Crippen molar-refractivity contribution in [1.29, 1.82) is 0 Å². The van der Waals surface area contributed by atoms with E-state index in [1.807, 2.05) is 32.1 Å². The minimum absolute atomic E-state index is 0.142. The van der Waals surface area contributed by atoms with Crippen molar-refractivity contribution in [3.05, 3.63) is 51.9 Å². The SMILES string of the molecule is Cc1nc(C(C)([SiH3])c2cc(Cl)c(F)c(C(=O)N[C@H]3C[C@H](O)C3)c2OC(C)C)n2ccnc(N)c12. The van der Waals surface area contributed by atoms with Gasteiger partial charge in [-0.25, -0.2) is 14.4 Å². The van der Waals surface area contributed by atoms with Crippen molar-refractivity contribution >= 4 is 39.1 Å². The minimum atomic E-state index is -0.839. The molecule has 1 aliphatic rings. The Bertz CT molecular complexity index is 1270. The normalized spacial score (nSPS) is 19.8. The van der Waals surface area contributed by atoms with Gasteiger partial charge in [0, 0.05) is 39.3 Å². The Balaban J connectivity index is 1.91. The predicted molar refractivity (Wildman–Crippen MR) is 132 cm³/mol. The van der Waals surface area contributed by atoms with E-state index in [0.717, 1.165) is 0 Å². The van der Waals surface area contributed by atoms with Crippen molar-refractivity contribution < 1.29 is 19.0 Å². The number of fused-ring (bicyclic) bond motifs is 1. The first kappa shape index (κ1) is 24.4. The first-order valence-electron chi connectivity index (χ1n) is 11.2. The Labute approximate surface area is 205 Å². The predicted octanol–water partition coefficient (Wildman–Crippen LogP) is 2.08. The van der Waals surface area contributed by atoms with Gasteiger partial charge in [-0.3, -0.25) is 9.20 Å². The van der Waals surface area contributed by atoms with E-state index >= 15 is 4.39 Å². The standard InChI is InChI=1S/C23H29ClFN5O3Si/c1-10(2)33-19-14(9-15(24)17(25)16(19)21(32)29-12-7-13(31)8-12)23(4,34)22-28-11(3)18-20(26)27-5-6-30(18)22/h5-6,9-10,12-13,31H,7-8H2,1-4,34H3,(H2,26,27)(H,29,32)/t12-,13-,23?. The van der Waals surface area contributed by atoms with Crippen molar-refractivity contribution in [2.24, 2.45) is 0 Å². The van der Waals surface area contributed by atoms with E-state index in [-0.39, 0.29) is 28.5 Å². The van der Waals surface area contributed by atoms with E-state index in [1.165, 1.54) is 6.07 Å². The quantitative estimate of drug-likeness (QED) is 0.442. The van der Waals surface area contributed by atoms with Crippen LogP contribution in [-0.4, -0.2) is 53.9 Å². The van der Waals surface area contributed by atoms with Crippen molar-refractivity contribution in [2.75, 3.05) is 5.73 Å². The van der Waals surface area contributed by atoms with Gasteiger partial charge in [-0.05, 0) is 39.7 Å². The second-order valence-corrected chi connectivity index (χ2v) is 12.0. The summed E-state index contributed by atoms with van der Waals surface area (Å²) in [6, 6.07) is 1.29. The number of aromatic nitrogens is 3. The third kappa shape index (κ3) is 4.14. The number of carbonyl (C=O) groups is 1. The number of aliphatic hydroxyl groups excluding tert-OH is 1. The van der Waals surface area contributed by atoms with Crippen LogP contribution in [0.4, 0.5) is 10.2 Å². The first-order chi connectivity index (χ1) is 15.9. The smallest absolute Gasteiger partial charge is 0.258 e. The van der Waals surface area contributed by atoms with Gasteiger partial charge < -0.3 is 20.9 Å². The number of aryl methyl sites for hydroxylation is 1. The molecule has 1 aliphatic carbocycles. The fourth-order valence-electron chi connectivity index (χ4n) is 4.40. The number of amides is 1. The van der Waals surface area contributed by atoms with Crippen LogP contribution < -0.4 is 15.8 Å². The molecule has 0 spiro atoms. The van der Waals surface area contributed by atoms with E-state index < -0.39 is 22.9 Å². The third-order valence-electron chi connectivity index (χ3n) is 6.19. The maximum absolute atomic E-state index is 15.3. The number of nitrogens with zero attached hydrogens (tertiary/aromatic N) is 3. The molecule has 0 saturated heterocycles. The van der Waals surface area contributed by atoms with E-state index in [1.54, 1.807) is 12.4 Å². The molecule has 182 valence electrons. The molecular formula is C23H29ClFN5O3Si. The highest BCUT2D eigenvalue weighted by molar-refractivity contribution is 6.31. The van der Waals surface area contributed by atoms with Gasteiger partial charge >= 0.3 is 0 Å². The molecular weight excluding hydrogens is 477 g/mol. The highest BCUT2D eigenvalue weighted by Crippen LogP contribution is 2.42. The average Bonchev–Trinajstić information content (AvgIpc) is 3.07. The number of hydrogen-bond acceptors (Lipinski definition) is 6. The van der Waals surface area contributed by atoms with Crippen LogP contribution in [0.25, 0.3) is 5.52 Å². The zero-order valence-electron chi connectivity index (χ0n) is 19.8. The van der Waals surface area contributed by atoms with Gasteiger partial charge in [0.1, 0.15) is 28.5 Å². The average molecular weight is 506 g/mol. The van der Waals surface area contributed by atoms with Crippen molar-refractivity contribution in [3.8, 4) is 5.75 Å². The summed E-state index contributed by atoms with van der Waals surface area (Å²) < 4.78 is 23.3. The van der Waals surface area contributed by atoms with Crippen LogP contribution in [0.2, 0.25) is 5.02 Å². The molecule has 34 heavy (non-hydrogen) atoms. The fraction of sp³-hybridized carbons (Fsp3) is 0.435. The van der Waals surface area contributed by atoms with Crippen LogP contribution in [0.15, 0.2) is 18.5 Å². The highest BCUT2D eigenvalue weighted by Gasteiger charge is 2.38. The van der Waals surface area contributed by atoms with E-state index in [4.69, 9.17) is 27.1 Å². The lowest BCUT2D eigenvalue weighted by Gasteiger charge is -2.33. The molecule has 3 aromatic rings. The van der Waals surface area contributed by atoms with Gasteiger partial charge in [-0.2, -0.15) is 0 Å². The fourth-order valence-corrected chi connectivity index (χ4v) is 5.33. The second-order valence-electron chi connectivity index (χ2n) is 9.56. The van der Waals surface area contributed by atoms with Crippen LogP contribution in [0.3, 0.4) is 0 Å². The van der Waals surface area contributed by atoms with Gasteiger partial charge in [-0.15, -0.1) is 0 Å². The number of imidazole rings is 1. The molecule has 4 rings (SSSR count). The first-order valence-corrected chi connectivity index (χ1v) is 12.6. The lowest BCUT2D eigenvalue weighted by Crippen LogP contribution is -2.47. The Morgan fingerprint density at radius 3 is 2.76 bits per heavy atom. The highest BCUT2D eigenvalue weighted by atomic mass is 35.5. The zero-order valence-corrected chi connectivity index (χ0v) is 22.6. The monoisotopic (exact) mass is 505 g/mol. The van der Waals surface area contributed by atoms with E-state index in [9.17, 15) is 9.90 Å². The molecule has 4 N–H and O–H groups in total. The summed E-state index contributed by atoms with van der Waals surface area (Å²) in [5.41, 5.74) is 7.84. The number of anilines is 1. The lowest BCUT2D eigenvalue weighted by molar-refractivity contribution is 0.0559. The summed E-state index contributed by atoms with van der Waals surface area (Å²) in [5.74, 6) is -0.291. The summed E-state index contributed by atoms with van der Waals surface area (Å²) in [6.45, 7) is 7.44. The number of nitrogens with two attached hydrogens (primary N) is 1. The van der Waals surface area contributed by atoms with Crippen molar-refractivity contribution in [1.82, 2.24) is 19.7 Å². The number of benzene rings is 1. The largest absolute Gasteiger partial charge is 0.490 e. The number of carbonyl (C=O) groups excluding carboxylic acids is 1. The molecule has 1 saturated carbocycles. The van der Waals surface area contributed by atoms with Crippen LogP contribution in [0.1, 0.15) is 61.1 Å². The topological polar surface area (TPSA) is 115 Å². The molecule has 1 amide bonds. The molecule has 2 heterocycles. The molecule has 1 aromatic carbocycles. The summed E-state index contributed by atoms with van der Waals surface area (Å²) >= 11 is 6.33. The molecule has 0 aliphatic heterocycles. The number of aliphatic hydroxyl groups is 1. The van der Waals surface area contributed by atoms with Crippen LogP contribution in [-0.2, 0) is 5.04 Å². The number of ether oxygens (including phenoxy) is 1. The van der Waals surface area contributed by atoms with Crippen molar-refractivity contribution in [3.63, 3.8) is 0 Å². The minimum Gasteiger partial charge on any atom is -0.490 e. The Morgan fingerprint density at radius 1 is 1.47 bits per heavy atom. The number of halogens is 2. The molecule has 1 fully saturated rings. The maximum atomic E-state index is 15.3. The molecule has 1 atom stereocenters. The summed E-state index contributed by atoms with van der Waals surface area (Å²) in [7, 11) is 0.530. The molecule has 11 heteroatoms. The van der Waals surface area contributed by atoms with E-state index in [2.05, 4.69) is 10.3 Å². The van der Waals surface area contributed by atoms with E-state index in [0.29, 0.717) is 51.5 Å². The molecule has 2 aromatic heterocycles. The third-order valence-corrected chi connectivity index (χ3v) is 7.45. The maximum Gasteiger partial charge on any atom is 0.258 e. The Kier molecular flexibility index (Phi) is 6.34. The van der Waals surface area contributed by atoms with Crippen molar-refractivity contribution in [2.45, 2.75) is 63.8 Å². The van der Waals surface area contributed by atoms with Gasteiger partial charge in [0.05, 0.1) is 22.9 Å². The van der Waals surface area contributed by atoms with Gasteiger partial charge in [-0.1, -0.05) is 18.5 Å². The van der Waals surface area contributed by atoms with Gasteiger partial charge in [0.25, 0.3) is 5.91 Å². The van der Waals surface area contributed by atoms with Crippen LogP contribution in [0.5, 0.6) is 5.75 Å². The summed E-state index contributed by atoms with van der Waals surface area (Å²) in [6.07, 6.45) is 3.44. The Morgan fingerprint density at radius 2 is 2.15 bits per heavy atom. The number of nitrogen functional groups attached to an aromatic ring is 1. The molecule has 0 bridgehead atoms. The lowest BCUT2D eigenvalue weighted by atomic mass is 9.89. The van der Waals surface area contributed by atoms with Gasteiger partial charge in [0.2, 0.25) is 0 Å².